The van der Waals surface area contributed by atoms with E-state index >= 15 is 0 Å². The molecule has 0 fully saturated rings. The van der Waals surface area contributed by atoms with Crippen LogP contribution in [0.5, 0.6) is 11.5 Å². The Kier molecular flexibility index (Phi) is 7.03. The van der Waals surface area contributed by atoms with Crippen LogP contribution in [0.2, 0.25) is 10.0 Å². The van der Waals surface area contributed by atoms with E-state index < -0.39 is 12.0 Å². The van der Waals surface area contributed by atoms with Crippen molar-refractivity contribution in [3.8, 4) is 11.5 Å². The molecule has 8 nitrogen and oxygen atoms in total. The number of nitrogens with one attached hydrogen (secondary N) is 1. The van der Waals surface area contributed by atoms with E-state index in [4.69, 9.17) is 37.4 Å². The van der Waals surface area contributed by atoms with Crippen molar-refractivity contribution in [2.24, 2.45) is 0 Å². The fourth-order valence-corrected chi connectivity index (χ4v) is 4.50. The molecular formula is C27H22Cl2N4O4. The van der Waals surface area contributed by atoms with Crippen molar-refractivity contribution >= 4 is 40.8 Å². The van der Waals surface area contributed by atoms with Gasteiger partial charge in [0.25, 0.3) is 0 Å². The summed E-state index contributed by atoms with van der Waals surface area (Å²) < 4.78 is 18.5. The summed E-state index contributed by atoms with van der Waals surface area (Å²) in [5.41, 5.74) is 3.23. The van der Waals surface area contributed by atoms with Crippen molar-refractivity contribution < 1.29 is 19.0 Å². The third-order valence-electron chi connectivity index (χ3n) is 5.98. The molecule has 1 aliphatic rings. The third-order valence-corrected chi connectivity index (χ3v) is 6.60. The lowest BCUT2D eigenvalue weighted by atomic mass is 9.92. The number of hydrogen-bond donors (Lipinski definition) is 1. The molecule has 0 aliphatic carbocycles. The van der Waals surface area contributed by atoms with E-state index in [1.165, 1.54) is 13.4 Å². The molecule has 1 N–H and O–H groups in total. The van der Waals surface area contributed by atoms with Crippen LogP contribution in [0.15, 0.2) is 78.6 Å². The highest BCUT2D eigenvalue weighted by Crippen LogP contribution is 2.41. The average Bonchev–Trinajstić information content (AvgIpc) is 3.40. The standard InChI is InChI=1S/C27H22Cl2N4O4/c1-35-22-13-17(9-12-21(22)37-14-18-5-3-4-6-20(18)29)25-23(26(34)36-2)24(16-7-10-19(28)11-8-16)32-27-30-15-31-33(25)27/h3-13,15,25H,14H2,1-2H3,(H,30,31,32)/t25-/m1/s1. The lowest BCUT2D eigenvalue weighted by Crippen LogP contribution is -2.29. The summed E-state index contributed by atoms with van der Waals surface area (Å²) in [6.45, 7) is 0.268. The first-order chi connectivity index (χ1) is 18.0. The van der Waals surface area contributed by atoms with Gasteiger partial charge in [-0.15, -0.1) is 0 Å². The molecule has 1 atom stereocenters. The van der Waals surface area contributed by atoms with Crippen LogP contribution < -0.4 is 14.8 Å². The summed E-state index contributed by atoms with van der Waals surface area (Å²) in [5, 5.41) is 8.80. The van der Waals surface area contributed by atoms with Gasteiger partial charge in [-0.2, -0.15) is 10.1 Å². The van der Waals surface area contributed by atoms with Crippen molar-refractivity contribution in [3.63, 3.8) is 0 Å². The van der Waals surface area contributed by atoms with Crippen LogP contribution in [0.25, 0.3) is 5.70 Å². The minimum absolute atomic E-state index is 0.268. The highest BCUT2D eigenvalue weighted by molar-refractivity contribution is 6.31. The van der Waals surface area contributed by atoms with Gasteiger partial charge < -0.3 is 19.5 Å². The summed E-state index contributed by atoms with van der Waals surface area (Å²) >= 11 is 12.4. The number of halogens is 2. The summed E-state index contributed by atoms with van der Waals surface area (Å²) in [5.74, 6) is 0.977. The molecule has 188 valence electrons. The number of aromatic nitrogens is 3. The molecule has 5 rings (SSSR count). The van der Waals surface area contributed by atoms with Gasteiger partial charge in [0.05, 0.1) is 25.5 Å². The normalized spacial score (nSPS) is 14.5. The summed E-state index contributed by atoms with van der Waals surface area (Å²) in [6, 6.07) is 19.4. The van der Waals surface area contributed by atoms with Crippen LogP contribution in [-0.2, 0) is 16.1 Å². The number of methoxy groups -OCH3 is 2. The summed E-state index contributed by atoms with van der Waals surface area (Å²) in [4.78, 5) is 17.5. The quantitative estimate of drug-likeness (QED) is 0.300. The van der Waals surface area contributed by atoms with Gasteiger partial charge in [-0.1, -0.05) is 59.6 Å². The number of hydrogen-bond acceptors (Lipinski definition) is 7. The second-order valence-corrected chi connectivity index (χ2v) is 8.98. The highest BCUT2D eigenvalue weighted by atomic mass is 35.5. The number of anilines is 1. The number of carbonyl (C=O) groups is 1. The maximum Gasteiger partial charge on any atom is 0.338 e. The van der Waals surface area contributed by atoms with Crippen LogP contribution in [0, 0.1) is 0 Å². The van der Waals surface area contributed by atoms with E-state index in [-0.39, 0.29) is 6.61 Å². The van der Waals surface area contributed by atoms with Crippen molar-refractivity contribution in [3.05, 3.63) is 105 Å². The number of esters is 1. The predicted octanol–water partition coefficient (Wildman–Crippen LogP) is 5.77. The Labute approximate surface area is 223 Å². The van der Waals surface area contributed by atoms with Gasteiger partial charge in [0.2, 0.25) is 5.95 Å². The number of rotatable bonds is 7. The molecule has 37 heavy (non-hydrogen) atoms. The first-order valence-electron chi connectivity index (χ1n) is 11.3. The topological polar surface area (TPSA) is 87.5 Å². The molecule has 0 radical (unpaired) electrons. The average molecular weight is 537 g/mol. The number of benzene rings is 3. The molecule has 1 aliphatic heterocycles. The molecule has 2 heterocycles. The molecule has 0 spiro atoms. The Balaban J connectivity index is 1.58. The summed E-state index contributed by atoms with van der Waals surface area (Å²) in [6.07, 6.45) is 1.42. The van der Waals surface area contributed by atoms with Gasteiger partial charge in [-0.25, -0.2) is 9.48 Å². The Morgan fingerprint density at radius 1 is 1.03 bits per heavy atom. The van der Waals surface area contributed by atoms with E-state index in [1.54, 1.807) is 30.0 Å². The van der Waals surface area contributed by atoms with Gasteiger partial charge in [-0.3, -0.25) is 0 Å². The monoisotopic (exact) mass is 536 g/mol. The smallest absolute Gasteiger partial charge is 0.338 e. The zero-order valence-corrected chi connectivity index (χ0v) is 21.5. The molecule has 0 amide bonds. The van der Waals surface area contributed by atoms with Crippen LogP contribution in [0.4, 0.5) is 5.95 Å². The van der Waals surface area contributed by atoms with Gasteiger partial charge in [0, 0.05) is 15.6 Å². The molecule has 4 aromatic rings. The zero-order chi connectivity index (χ0) is 25.9. The molecule has 10 heteroatoms. The maximum atomic E-state index is 13.2. The van der Waals surface area contributed by atoms with E-state index in [0.717, 1.165) is 16.7 Å². The van der Waals surface area contributed by atoms with Crippen LogP contribution in [0.3, 0.4) is 0 Å². The molecule has 0 bridgehead atoms. The molecule has 0 saturated carbocycles. The second kappa shape index (κ2) is 10.5. The van der Waals surface area contributed by atoms with Crippen LogP contribution in [-0.4, -0.2) is 35.0 Å². The molecule has 0 saturated heterocycles. The lowest BCUT2D eigenvalue weighted by molar-refractivity contribution is -0.136. The third kappa shape index (κ3) is 4.85. The van der Waals surface area contributed by atoms with Gasteiger partial charge in [-0.05, 0) is 41.5 Å². The van der Waals surface area contributed by atoms with Crippen LogP contribution in [0.1, 0.15) is 22.7 Å². The van der Waals surface area contributed by atoms with Crippen molar-refractivity contribution in [1.29, 1.82) is 0 Å². The van der Waals surface area contributed by atoms with E-state index in [0.29, 0.717) is 38.8 Å². The SMILES string of the molecule is COC(=O)C1=C(c2ccc(Cl)cc2)Nc2ncnn2[C@@H]1c1ccc(OCc2ccccc2Cl)c(OC)c1. The summed E-state index contributed by atoms with van der Waals surface area (Å²) in [7, 11) is 2.90. The fourth-order valence-electron chi connectivity index (χ4n) is 4.19. The van der Waals surface area contributed by atoms with Crippen molar-refractivity contribution in [1.82, 2.24) is 14.8 Å². The van der Waals surface area contributed by atoms with Crippen molar-refractivity contribution in [2.75, 3.05) is 19.5 Å². The minimum Gasteiger partial charge on any atom is -0.493 e. The molecule has 1 aromatic heterocycles. The first kappa shape index (κ1) is 24.7. The number of carbonyl (C=O) groups excluding carboxylic acids is 1. The van der Waals surface area contributed by atoms with Crippen LogP contribution >= 0.6 is 23.2 Å². The predicted molar refractivity (Wildman–Crippen MR) is 141 cm³/mol. The Morgan fingerprint density at radius 2 is 1.81 bits per heavy atom. The molecule has 0 unspecified atom stereocenters. The molecule has 3 aromatic carbocycles. The Morgan fingerprint density at radius 3 is 2.54 bits per heavy atom. The largest absolute Gasteiger partial charge is 0.493 e. The number of fused-ring (bicyclic) bond motifs is 1. The van der Waals surface area contributed by atoms with Crippen molar-refractivity contribution in [2.45, 2.75) is 12.6 Å². The number of ether oxygens (including phenoxy) is 3. The fraction of sp³-hybridized carbons (Fsp3) is 0.148. The minimum atomic E-state index is -0.650. The Bertz CT molecular complexity index is 1480. The second-order valence-electron chi connectivity index (χ2n) is 8.13. The Hall–Kier alpha value is -4.01. The van der Waals surface area contributed by atoms with Gasteiger partial charge in [0.1, 0.15) is 19.0 Å². The highest BCUT2D eigenvalue weighted by Gasteiger charge is 2.36. The van der Waals surface area contributed by atoms with Gasteiger partial charge >= 0.3 is 5.97 Å². The van der Waals surface area contributed by atoms with E-state index in [9.17, 15) is 4.79 Å². The molecular weight excluding hydrogens is 515 g/mol. The number of nitrogens with zero attached hydrogens (tertiary/aromatic N) is 3. The maximum absolute atomic E-state index is 13.2. The van der Waals surface area contributed by atoms with E-state index in [1.807, 2.05) is 48.5 Å². The van der Waals surface area contributed by atoms with E-state index in [2.05, 4.69) is 15.4 Å². The van der Waals surface area contributed by atoms with Gasteiger partial charge in [0.15, 0.2) is 11.5 Å². The zero-order valence-electron chi connectivity index (χ0n) is 19.9. The first-order valence-corrected chi connectivity index (χ1v) is 12.0. The lowest BCUT2D eigenvalue weighted by Gasteiger charge is -2.29.